The summed E-state index contributed by atoms with van der Waals surface area (Å²) in [6.45, 7) is 3.15. The van der Waals surface area contributed by atoms with Crippen LogP contribution in [0.3, 0.4) is 0 Å². The molecule has 0 unspecified atom stereocenters. The van der Waals surface area contributed by atoms with E-state index in [1.54, 1.807) is 12.1 Å². The molecular weight excluding hydrogens is 390 g/mol. The number of Topliss-reactive ketones (excluding diaryl/α,β-unsaturated/α-hetero) is 1. The summed E-state index contributed by atoms with van der Waals surface area (Å²) in [7, 11) is -3.65. The highest BCUT2D eigenvalue weighted by molar-refractivity contribution is 7.89. The van der Waals surface area contributed by atoms with E-state index in [0.29, 0.717) is 31.7 Å². The third-order valence-corrected chi connectivity index (χ3v) is 6.84. The van der Waals surface area contributed by atoms with Crippen LogP contribution in [0.2, 0.25) is 0 Å². The number of nitrogens with zero attached hydrogens (tertiary/aromatic N) is 5. The average molecular weight is 411 g/mol. The maximum Gasteiger partial charge on any atom is 0.243 e. The minimum atomic E-state index is -3.65. The number of sulfonamides is 1. The summed E-state index contributed by atoms with van der Waals surface area (Å²) >= 11 is 0. The topological polar surface area (TPSA) is 88.4 Å². The van der Waals surface area contributed by atoms with Gasteiger partial charge >= 0.3 is 0 Å². The Kier molecular flexibility index (Phi) is 5.16. The highest BCUT2D eigenvalue weighted by Gasteiger charge is 2.29. The number of anilines is 1. The number of carbonyl (C=O) groups excluding carboxylic acids is 1. The van der Waals surface area contributed by atoms with Gasteiger partial charge in [0.2, 0.25) is 10.0 Å². The molecule has 150 valence electrons. The third kappa shape index (κ3) is 3.92. The molecule has 8 nitrogen and oxygen atoms in total. The lowest BCUT2D eigenvalue weighted by Gasteiger charge is -2.34. The van der Waals surface area contributed by atoms with Gasteiger partial charge in [-0.3, -0.25) is 4.79 Å². The van der Waals surface area contributed by atoms with E-state index < -0.39 is 10.0 Å². The van der Waals surface area contributed by atoms with Crippen molar-refractivity contribution in [3.05, 3.63) is 66.7 Å². The van der Waals surface area contributed by atoms with Gasteiger partial charge in [0, 0.05) is 50.2 Å². The van der Waals surface area contributed by atoms with Crippen LogP contribution in [-0.4, -0.2) is 59.2 Å². The molecule has 0 atom stereocenters. The Hall–Kier alpha value is -3.04. The Bertz CT molecular complexity index is 1120. The standard InChI is InChI=1S/C20H21N5O3S/c1-16(26)17-5-4-6-18(13-17)29(27,28)25-11-9-24(10-12-25)20-14-19(21-15-22-20)23-7-2-3-8-23/h2-8,13-15H,9-12H2,1H3. The van der Waals surface area contributed by atoms with E-state index in [4.69, 9.17) is 0 Å². The molecule has 0 N–H and O–H groups in total. The zero-order valence-corrected chi connectivity index (χ0v) is 16.8. The Morgan fingerprint density at radius 2 is 1.62 bits per heavy atom. The van der Waals surface area contributed by atoms with Crippen LogP contribution in [0.5, 0.6) is 0 Å². The first kappa shape index (κ1) is 19.3. The normalized spacial score (nSPS) is 15.4. The van der Waals surface area contributed by atoms with Crippen LogP contribution >= 0.6 is 0 Å². The highest BCUT2D eigenvalue weighted by Crippen LogP contribution is 2.22. The first-order valence-electron chi connectivity index (χ1n) is 9.27. The van der Waals surface area contributed by atoms with E-state index in [-0.39, 0.29) is 10.7 Å². The second-order valence-electron chi connectivity index (χ2n) is 6.80. The minimum absolute atomic E-state index is 0.149. The van der Waals surface area contributed by atoms with Gasteiger partial charge in [0.1, 0.15) is 18.0 Å². The molecule has 0 saturated carbocycles. The summed E-state index contributed by atoms with van der Waals surface area (Å²) in [5.41, 5.74) is 0.392. The van der Waals surface area contributed by atoms with Crippen molar-refractivity contribution in [2.24, 2.45) is 0 Å². The predicted octanol–water partition coefficient (Wildman–Crippen LogP) is 1.98. The van der Waals surface area contributed by atoms with Gasteiger partial charge < -0.3 is 9.47 Å². The molecule has 0 spiro atoms. The van der Waals surface area contributed by atoms with Crippen molar-refractivity contribution >= 4 is 21.6 Å². The van der Waals surface area contributed by atoms with E-state index >= 15 is 0 Å². The van der Waals surface area contributed by atoms with Gasteiger partial charge in [0.15, 0.2) is 5.78 Å². The molecule has 3 aromatic rings. The lowest BCUT2D eigenvalue weighted by molar-refractivity contribution is 0.101. The number of hydrogen-bond acceptors (Lipinski definition) is 6. The van der Waals surface area contributed by atoms with Crippen molar-refractivity contribution in [1.82, 2.24) is 18.8 Å². The molecule has 9 heteroatoms. The van der Waals surface area contributed by atoms with Crippen LogP contribution in [-0.2, 0) is 10.0 Å². The minimum Gasteiger partial charge on any atom is -0.354 e. The van der Waals surface area contributed by atoms with Crippen molar-refractivity contribution in [2.45, 2.75) is 11.8 Å². The van der Waals surface area contributed by atoms with Gasteiger partial charge in [-0.1, -0.05) is 12.1 Å². The van der Waals surface area contributed by atoms with E-state index in [1.165, 1.54) is 29.7 Å². The van der Waals surface area contributed by atoms with Gasteiger partial charge in [-0.25, -0.2) is 18.4 Å². The molecule has 0 aliphatic carbocycles. The first-order chi connectivity index (χ1) is 13.9. The van der Waals surface area contributed by atoms with E-state index in [9.17, 15) is 13.2 Å². The zero-order chi connectivity index (χ0) is 20.4. The largest absolute Gasteiger partial charge is 0.354 e. The molecule has 0 radical (unpaired) electrons. The number of benzene rings is 1. The molecule has 29 heavy (non-hydrogen) atoms. The van der Waals surface area contributed by atoms with Crippen molar-refractivity contribution in [1.29, 1.82) is 0 Å². The van der Waals surface area contributed by atoms with E-state index in [0.717, 1.165) is 11.6 Å². The van der Waals surface area contributed by atoms with E-state index in [2.05, 4.69) is 9.97 Å². The summed E-state index contributed by atoms with van der Waals surface area (Å²) < 4.78 is 29.3. The fraction of sp³-hybridized carbons (Fsp3) is 0.250. The Morgan fingerprint density at radius 1 is 0.931 bits per heavy atom. The molecule has 2 aromatic heterocycles. The quantitative estimate of drug-likeness (QED) is 0.597. The van der Waals surface area contributed by atoms with Crippen LogP contribution in [0.25, 0.3) is 5.82 Å². The van der Waals surface area contributed by atoms with Gasteiger partial charge in [0.05, 0.1) is 4.90 Å². The van der Waals surface area contributed by atoms with Crippen LogP contribution in [0.1, 0.15) is 17.3 Å². The molecular formula is C20H21N5O3S. The van der Waals surface area contributed by atoms with Crippen molar-refractivity contribution in [2.75, 3.05) is 31.1 Å². The van der Waals surface area contributed by atoms with Crippen LogP contribution < -0.4 is 4.90 Å². The summed E-state index contributed by atoms with van der Waals surface area (Å²) in [6.07, 6.45) is 5.33. The molecule has 1 aliphatic heterocycles. The molecule has 0 bridgehead atoms. The first-order valence-corrected chi connectivity index (χ1v) is 10.7. The number of aromatic nitrogens is 3. The molecule has 3 heterocycles. The highest BCUT2D eigenvalue weighted by atomic mass is 32.2. The maximum absolute atomic E-state index is 13.0. The van der Waals surface area contributed by atoms with Crippen LogP contribution in [0.4, 0.5) is 5.82 Å². The number of piperazine rings is 1. The molecule has 0 amide bonds. The van der Waals surface area contributed by atoms with E-state index in [1.807, 2.05) is 40.1 Å². The van der Waals surface area contributed by atoms with Crippen molar-refractivity contribution in [3.8, 4) is 5.82 Å². The van der Waals surface area contributed by atoms with Gasteiger partial charge in [-0.2, -0.15) is 4.31 Å². The lowest BCUT2D eigenvalue weighted by atomic mass is 10.2. The van der Waals surface area contributed by atoms with Gasteiger partial charge in [-0.05, 0) is 31.2 Å². The fourth-order valence-corrected chi connectivity index (χ4v) is 4.79. The predicted molar refractivity (Wildman–Crippen MR) is 109 cm³/mol. The second-order valence-corrected chi connectivity index (χ2v) is 8.74. The summed E-state index contributed by atoms with van der Waals surface area (Å²) in [4.78, 5) is 22.4. The molecule has 1 aliphatic rings. The van der Waals surface area contributed by atoms with Gasteiger partial charge in [-0.15, -0.1) is 0 Å². The maximum atomic E-state index is 13.0. The fourth-order valence-electron chi connectivity index (χ4n) is 3.32. The smallest absolute Gasteiger partial charge is 0.243 e. The Balaban J connectivity index is 1.49. The van der Waals surface area contributed by atoms with Gasteiger partial charge in [0.25, 0.3) is 0 Å². The number of hydrogen-bond donors (Lipinski definition) is 0. The van der Waals surface area contributed by atoms with Crippen LogP contribution in [0.15, 0.2) is 66.1 Å². The number of ketones is 1. The number of rotatable bonds is 5. The number of carbonyl (C=O) groups is 1. The zero-order valence-electron chi connectivity index (χ0n) is 16.0. The monoisotopic (exact) mass is 411 g/mol. The summed E-state index contributed by atoms with van der Waals surface area (Å²) in [5.74, 6) is 1.37. The van der Waals surface area contributed by atoms with Crippen LogP contribution in [0, 0.1) is 0 Å². The third-order valence-electron chi connectivity index (χ3n) is 4.95. The van der Waals surface area contributed by atoms with Crippen molar-refractivity contribution < 1.29 is 13.2 Å². The Morgan fingerprint density at radius 3 is 2.31 bits per heavy atom. The molecule has 1 aromatic carbocycles. The molecule has 1 saturated heterocycles. The molecule has 4 rings (SSSR count). The Labute approximate surface area is 169 Å². The average Bonchev–Trinajstić information content (AvgIpc) is 3.29. The second kappa shape index (κ2) is 7.76. The SMILES string of the molecule is CC(=O)c1cccc(S(=O)(=O)N2CCN(c3cc(-n4cccc4)ncn3)CC2)c1. The lowest BCUT2D eigenvalue weighted by Crippen LogP contribution is -2.49. The summed E-state index contributed by atoms with van der Waals surface area (Å²) in [5, 5.41) is 0. The van der Waals surface area contributed by atoms with Crippen molar-refractivity contribution in [3.63, 3.8) is 0 Å². The summed E-state index contributed by atoms with van der Waals surface area (Å²) in [6, 6.07) is 11.9. The molecule has 1 fully saturated rings.